The van der Waals surface area contributed by atoms with E-state index in [-0.39, 0.29) is 23.5 Å². The van der Waals surface area contributed by atoms with E-state index in [2.05, 4.69) is 5.32 Å². The number of hydrogen-bond acceptors (Lipinski definition) is 4. The van der Waals surface area contributed by atoms with Crippen LogP contribution in [-0.2, 0) is 23.8 Å². The number of nitrogens with one attached hydrogen (secondary N) is 1. The maximum atomic E-state index is 14.4. The molecule has 0 fully saturated rings. The second-order valence-electron chi connectivity index (χ2n) is 8.61. The fourth-order valence-electron chi connectivity index (χ4n) is 3.92. The highest BCUT2D eigenvalue weighted by atomic mass is 19.4. The number of carbonyl (C=O) groups excluding carboxylic acids is 1. The molecule has 0 aromatic heterocycles. The van der Waals surface area contributed by atoms with Crippen LogP contribution in [-0.4, -0.2) is 24.1 Å². The van der Waals surface area contributed by atoms with E-state index in [9.17, 15) is 27.2 Å². The average Bonchev–Trinajstić information content (AvgIpc) is 2.86. The van der Waals surface area contributed by atoms with Crippen LogP contribution >= 0.6 is 0 Å². The zero-order valence-electron chi connectivity index (χ0n) is 21.0. The van der Waals surface area contributed by atoms with Crippen molar-refractivity contribution in [1.29, 1.82) is 0 Å². The fraction of sp³-hybridized carbons (Fsp3) is 0.286. The molecule has 202 valence electrons. The molecule has 6 nitrogen and oxygen atoms in total. The van der Waals surface area contributed by atoms with E-state index in [1.165, 1.54) is 12.1 Å². The summed E-state index contributed by atoms with van der Waals surface area (Å²) in [7, 11) is 1.16. The smallest absolute Gasteiger partial charge is 0.416 e. The molecule has 3 aromatic rings. The van der Waals surface area contributed by atoms with Gasteiger partial charge in [-0.1, -0.05) is 13.0 Å². The highest BCUT2D eigenvalue weighted by molar-refractivity contribution is 5.97. The van der Waals surface area contributed by atoms with Crippen molar-refractivity contribution >= 4 is 11.9 Å². The Kier molecular flexibility index (Phi) is 8.98. The number of rotatable bonds is 10. The number of halogens is 4. The van der Waals surface area contributed by atoms with Crippen molar-refractivity contribution in [1.82, 2.24) is 5.32 Å². The highest BCUT2D eigenvalue weighted by Crippen LogP contribution is 2.33. The number of aryl methyl sites for hydroxylation is 2. The maximum Gasteiger partial charge on any atom is 0.416 e. The van der Waals surface area contributed by atoms with Gasteiger partial charge in [0, 0.05) is 12.5 Å². The molecule has 0 aliphatic rings. The van der Waals surface area contributed by atoms with Crippen molar-refractivity contribution in [3.8, 4) is 17.2 Å². The van der Waals surface area contributed by atoms with Crippen molar-refractivity contribution in [3.05, 3.63) is 88.2 Å². The molecule has 0 saturated carbocycles. The molecule has 0 aliphatic heterocycles. The van der Waals surface area contributed by atoms with E-state index in [1.54, 1.807) is 31.2 Å². The van der Waals surface area contributed by atoms with Crippen molar-refractivity contribution in [2.24, 2.45) is 0 Å². The van der Waals surface area contributed by atoms with Gasteiger partial charge in [-0.05, 0) is 78.9 Å². The zero-order chi connectivity index (χ0) is 28.0. The Bertz CT molecular complexity index is 1320. The molecule has 2 N–H and O–H groups in total. The van der Waals surface area contributed by atoms with Gasteiger partial charge in [-0.3, -0.25) is 9.59 Å². The topological polar surface area (TPSA) is 84.9 Å². The van der Waals surface area contributed by atoms with Crippen molar-refractivity contribution in [2.45, 2.75) is 45.3 Å². The van der Waals surface area contributed by atoms with Crippen LogP contribution in [0.5, 0.6) is 17.2 Å². The van der Waals surface area contributed by atoms with E-state index < -0.39 is 35.5 Å². The number of ether oxygens (including phenoxy) is 2. The van der Waals surface area contributed by atoms with E-state index in [1.807, 2.05) is 6.92 Å². The molecule has 0 radical (unpaired) electrons. The van der Waals surface area contributed by atoms with E-state index in [4.69, 9.17) is 14.6 Å². The summed E-state index contributed by atoms with van der Waals surface area (Å²) in [6, 6.07) is 11.0. The molecule has 1 atom stereocenters. The van der Waals surface area contributed by atoms with Gasteiger partial charge in [0.05, 0.1) is 24.3 Å². The van der Waals surface area contributed by atoms with Crippen LogP contribution in [0.4, 0.5) is 17.6 Å². The molecule has 0 saturated heterocycles. The minimum absolute atomic E-state index is 0.00240. The van der Waals surface area contributed by atoms with Gasteiger partial charge < -0.3 is 19.9 Å². The Balaban J connectivity index is 1.78. The summed E-state index contributed by atoms with van der Waals surface area (Å²) >= 11 is 0. The van der Waals surface area contributed by atoms with E-state index in [0.717, 1.165) is 36.4 Å². The van der Waals surface area contributed by atoms with Crippen LogP contribution < -0.4 is 14.8 Å². The standard InChI is InChI=1S/C28H27F4NO5/c1-4-17-12-22(8-5-18(17)6-10-26(34)35)38-23-13-19(11-21(29)15-23)16(2)33-27(36)24-9-7-20(28(30,31)32)14-25(24)37-3/h5,7-9,11-16H,4,6,10H2,1-3H3,(H,33,36)(H,34,35). The number of hydrogen-bond donors (Lipinski definition) is 2. The van der Waals surface area contributed by atoms with Gasteiger partial charge in [-0.15, -0.1) is 0 Å². The summed E-state index contributed by atoms with van der Waals surface area (Å²) in [5.74, 6) is -1.83. The van der Waals surface area contributed by atoms with Gasteiger partial charge in [-0.2, -0.15) is 13.2 Å². The third-order valence-electron chi connectivity index (χ3n) is 5.92. The quantitative estimate of drug-likeness (QED) is 0.283. The molecule has 3 aromatic carbocycles. The van der Waals surface area contributed by atoms with Gasteiger partial charge in [0.1, 0.15) is 23.1 Å². The molecule has 38 heavy (non-hydrogen) atoms. The third kappa shape index (κ3) is 7.24. The predicted molar refractivity (Wildman–Crippen MR) is 132 cm³/mol. The summed E-state index contributed by atoms with van der Waals surface area (Å²) in [6.45, 7) is 3.53. The molecular weight excluding hydrogens is 506 g/mol. The third-order valence-corrected chi connectivity index (χ3v) is 5.92. The number of aliphatic carboxylic acids is 1. The number of carboxylic acids is 1. The summed E-state index contributed by atoms with van der Waals surface area (Å²) in [5.41, 5.74) is 1.11. The van der Waals surface area contributed by atoms with Crippen LogP contribution in [0, 0.1) is 5.82 Å². The van der Waals surface area contributed by atoms with E-state index in [0.29, 0.717) is 24.2 Å². The monoisotopic (exact) mass is 533 g/mol. The lowest BCUT2D eigenvalue weighted by Gasteiger charge is -2.18. The van der Waals surface area contributed by atoms with Crippen molar-refractivity contribution in [3.63, 3.8) is 0 Å². The summed E-state index contributed by atoms with van der Waals surface area (Å²) in [5, 5.41) is 11.6. The first-order valence-corrected chi connectivity index (χ1v) is 11.8. The largest absolute Gasteiger partial charge is 0.496 e. The lowest BCUT2D eigenvalue weighted by atomic mass is 10.0. The first-order chi connectivity index (χ1) is 17.9. The molecule has 1 amide bonds. The molecule has 0 heterocycles. The second-order valence-corrected chi connectivity index (χ2v) is 8.61. The molecule has 10 heteroatoms. The molecule has 3 rings (SSSR count). The Labute approximate surface area is 217 Å². The molecule has 0 aliphatic carbocycles. The number of carboxylic acid groups (broad SMARTS) is 1. The number of benzene rings is 3. The van der Waals surface area contributed by atoms with Crippen LogP contribution in [0.1, 0.15) is 58.9 Å². The fourth-order valence-corrected chi connectivity index (χ4v) is 3.92. The lowest BCUT2D eigenvalue weighted by molar-refractivity contribution is -0.138. The van der Waals surface area contributed by atoms with Crippen molar-refractivity contribution < 1.29 is 41.7 Å². The van der Waals surface area contributed by atoms with Crippen LogP contribution in [0.25, 0.3) is 0 Å². The number of alkyl halides is 3. The first-order valence-electron chi connectivity index (χ1n) is 11.8. The zero-order valence-corrected chi connectivity index (χ0v) is 21.0. The second kappa shape index (κ2) is 12.0. The van der Waals surface area contributed by atoms with Gasteiger partial charge in [0.2, 0.25) is 0 Å². The Hall–Kier alpha value is -4.08. The molecule has 0 bridgehead atoms. The average molecular weight is 534 g/mol. The van der Waals surface area contributed by atoms with E-state index >= 15 is 0 Å². The van der Waals surface area contributed by atoms with Gasteiger partial charge in [0.25, 0.3) is 5.91 Å². The van der Waals surface area contributed by atoms with Gasteiger partial charge in [-0.25, -0.2) is 4.39 Å². The minimum Gasteiger partial charge on any atom is -0.496 e. The minimum atomic E-state index is -4.59. The van der Waals surface area contributed by atoms with Crippen LogP contribution in [0.2, 0.25) is 0 Å². The van der Waals surface area contributed by atoms with Crippen molar-refractivity contribution in [2.75, 3.05) is 7.11 Å². The number of carbonyl (C=O) groups is 2. The maximum absolute atomic E-state index is 14.4. The summed E-state index contributed by atoms with van der Waals surface area (Å²) in [6.07, 6.45) is -3.56. The number of methoxy groups -OCH3 is 1. The van der Waals surface area contributed by atoms with Gasteiger partial charge >= 0.3 is 12.1 Å². The van der Waals surface area contributed by atoms with Gasteiger partial charge in [0.15, 0.2) is 0 Å². The normalized spacial score (nSPS) is 12.1. The number of amides is 1. The highest BCUT2D eigenvalue weighted by Gasteiger charge is 2.32. The first kappa shape index (κ1) is 28.5. The Morgan fingerprint density at radius 1 is 1.00 bits per heavy atom. The SMILES string of the molecule is CCc1cc(Oc2cc(F)cc(C(C)NC(=O)c3ccc(C(F)(F)F)cc3OC)c2)ccc1CCC(=O)O. The summed E-state index contributed by atoms with van der Waals surface area (Å²) < 4.78 is 64.3. The lowest BCUT2D eigenvalue weighted by Crippen LogP contribution is -2.27. The van der Waals surface area contributed by atoms with Crippen LogP contribution in [0.3, 0.4) is 0 Å². The molecule has 0 spiro atoms. The predicted octanol–water partition coefficient (Wildman–Crippen LogP) is 6.72. The molecule has 1 unspecified atom stereocenters. The van der Waals surface area contributed by atoms with Crippen LogP contribution in [0.15, 0.2) is 54.6 Å². The molecular formula is C28H27F4NO5. The summed E-state index contributed by atoms with van der Waals surface area (Å²) in [4.78, 5) is 23.7. The Morgan fingerprint density at radius 2 is 1.74 bits per heavy atom. The Morgan fingerprint density at radius 3 is 2.37 bits per heavy atom.